The molecule has 5 nitrogen and oxygen atoms in total. The number of anilines is 1. The zero-order valence-corrected chi connectivity index (χ0v) is 15.8. The van der Waals surface area contributed by atoms with E-state index in [-0.39, 0.29) is 11.8 Å². The van der Waals surface area contributed by atoms with Crippen LogP contribution in [0, 0.1) is 12.8 Å². The van der Waals surface area contributed by atoms with Crippen molar-refractivity contribution in [3.8, 4) is 10.4 Å². The Morgan fingerprint density at radius 2 is 1.92 bits per heavy atom. The van der Waals surface area contributed by atoms with Crippen LogP contribution in [-0.2, 0) is 4.79 Å². The second-order valence-corrected chi connectivity index (χ2v) is 7.70. The van der Waals surface area contributed by atoms with Crippen molar-refractivity contribution in [1.82, 2.24) is 15.3 Å². The molecule has 1 saturated heterocycles. The number of nitrogens with one attached hydrogen (secondary N) is 1. The van der Waals surface area contributed by atoms with Crippen molar-refractivity contribution < 1.29 is 4.79 Å². The van der Waals surface area contributed by atoms with E-state index in [2.05, 4.69) is 45.5 Å². The van der Waals surface area contributed by atoms with Crippen molar-refractivity contribution in [3.63, 3.8) is 0 Å². The summed E-state index contributed by atoms with van der Waals surface area (Å²) in [5, 5.41) is 3.88. The van der Waals surface area contributed by atoms with Crippen molar-refractivity contribution in [2.24, 2.45) is 5.92 Å². The molecule has 0 bridgehead atoms. The van der Waals surface area contributed by atoms with Crippen LogP contribution < -0.4 is 10.2 Å². The van der Waals surface area contributed by atoms with Gasteiger partial charge < -0.3 is 10.2 Å². The fourth-order valence-electron chi connectivity index (χ4n) is 3.55. The molecule has 134 valence electrons. The fraction of sp³-hybridized carbons (Fsp3) is 0.350. The highest BCUT2D eigenvalue weighted by Crippen LogP contribution is 2.37. The summed E-state index contributed by atoms with van der Waals surface area (Å²) in [5.74, 6) is 2.05. The second kappa shape index (κ2) is 7.03. The number of hydrogen-bond donors (Lipinski definition) is 1. The Kier molecular flexibility index (Phi) is 4.59. The first kappa shape index (κ1) is 17.0. The molecule has 26 heavy (non-hydrogen) atoms. The Hall–Kier alpha value is -2.47. The molecule has 0 spiro atoms. The number of carbonyl (C=O) groups excluding carboxylic acids is 1. The van der Waals surface area contributed by atoms with Crippen LogP contribution in [0.3, 0.4) is 0 Å². The van der Waals surface area contributed by atoms with Gasteiger partial charge in [0.15, 0.2) is 0 Å². The molecule has 1 fully saturated rings. The van der Waals surface area contributed by atoms with E-state index in [1.165, 1.54) is 10.4 Å². The molecule has 0 atom stereocenters. The summed E-state index contributed by atoms with van der Waals surface area (Å²) in [6.45, 7) is 3.64. The number of nitrogens with zero attached hydrogens (tertiary/aromatic N) is 3. The minimum absolute atomic E-state index is 0.108. The standard InChI is InChI=1S/C20H22N4OS/c1-13-22-18(24-10-8-15(9-11-24)19(25)21-2)16-12-17(26-20(16)23-13)14-6-4-3-5-7-14/h3-7,12,15H,8-11H2,1-2H3,(H,21,25). The summed E-state index contributed by atoms with van der Waals surface area (Å²) in [6, 6.07) is 12.6. The first-order valence-corrected chi connectivity index (χ1v) is 9.77. The van der Waals surface area contributed by atoms with Crippen molar-refractivity contribution in [2.45, 2.75) is 19.8 Å². The fourth-order valence-corrected chi connectivity index (χ4v) is 4.63. The average molecular weight is 366 g/mol. The minimum Gasteiger partial charge on any atom is -0.359 e. The SMILES string of the molecule is CNC(=O)C1CCN(c2nc(C)nc3sc(-c4ccccc4)cc23)CC1. The lowest BCUT2D eigenvalue weighted by Crippen LogP contribution is -2.40. The van der Waals surface area contributed by atoms with Crippen molar-refractivity contribution in [2.75, 3.05) is 25.0 Å². The van der Waals surface area contributed by atoms with Gasteiger partial charge in [0, 0.05) is 30.9 Å². The van der Waals surface area contributed by atoms with Gasteiger partial charge in [0.25, 0.3) is 0 Å². The summed E-state index contributed by atoms with van der Waals surface area (Å²) in [7, 11) is 1.71. The van der Waals surface area contributed by atoms with E-state index in [0.717, 1.165) is 47.8 Å². The first-order valence-electron chi connectivity index (χ1n) is 8.96. The molecular formula is C20H22N4OS. The van der Waals surface area contributed by atoms with Crippen molar-refractivity contribution >= 4 is 33.3 Å². The number of hydrogen-bond acceptors (Lipinski definition) is 5. The Balaban J connectivity index is 1.67. The highest BCUT2D eigenvalue weighted by molar-refractivity contribution is 7.21. The van der Waals surface area contributed by atoms with E-state index in [4.69, 9.17) is 4.98 Å². The summed E-state index contributed by atoms with van der Waals surface area (Å²) < 4.78 is 0. The van der Waals surface area contributed by atoms with E-state index in [0.29, 0.717) is 0 Å². The molecule has 1 aliphatic heterocycles. The summed E-state index contributed by atoms with van der Waals surface area (Å²) in [5.41, 5.74) is 1.21. The van der Waals surface area contributed by atoms with Gasteiger partial charge in [-0.3, -0.25) is 4.79 Å². The van der Waals surface area contributed by atoms with Gasteiger partial charge in [-0.1, -0.05) is 30.3 Å². The maximum absolute atomic E-state index is 11.9. The van der Waals surface area contributed by atoms with Gasteiger partial charge in [0.05, 0.1) is 5.39 Å². The van der Waals surface area contributed by atoms with E-state index in [1.807, 2.05) is 13.0 Å². The summed E-state index contributed by atoms with van der Waals surface area (Å²) in [4.78, 5) is 25.8. The third-order valence-electron chi connectivity index (χ3n) is 4.95. The van der Waals surface area contributed by atoms with Gasteiger partial charge in [-0.2, -0.15) is 0 Å². The predicted molar refractivity (Wildman–Crippen MR) is 107 cm³/mol. The number of amides is 1. The Labute approximate surface area is 157 Å². The zero-order chi connectivity index (χ0) is 18.1. The molecule has 1 aliphatic rings. The van der Waals surface area contributed by atoms with Gasteiger partial charge >= 0.3 is 0 Å². The van der Waals surface area contributed by atoms with Crippen LogP contribution in [0.25, 0.3) is 20.7 Å². The lowest BCUT2D eigenvalue weighted by Gasteiger charge is -2.32. The second-order valence-electron chi connectivity index (χ2n) is 6.67. The van der Waals surface area contributed by atoms with Crippen LogP contribution in [0.15, 0.2) is 36.4 Å². The predicted octanol–water partition coefficient (Wildman–Crippen LogP) is 3.63. The number of aromatic nitrogens is 2. The van der Waals surface area contributed by atoms with Gasteiger partial charge in [-0.05, 0) is 31.4 Å². The van der Waals surface area contributed by atoms with Crippen LogP contribution in [0.1, 0.15) is 18.7 Å². The molecule has 2 aromatic heterocycles. The lowest BCUT2D eigenvalue weighted by molar-refractivity contribution is -0.125. The van der Waals surface area contributed by atoms with Gasteiger partial charge in [-0.15, -0.1) is 11.3 Å². The molecule has 1 amide bonds. The summed E-state index contributed by atoms with van der Waals surface area (Å²) >= 11 is 1.71. The third kappa shape index (κ3) is 3.17. The van der Waals surface area contributed by atoms with E-state index < -0.39 is 0 Å². The van der Waals surface area contributed by atoms with E-state index in [1.54, 1.807) is 18.4 Å². The van der Waals surface area contributed by atoms with Crippen molar-refractivity contribution in [1.29, 1.82) is 0 Å². The summed E-state index contributed by atoms with van der Waals surface area (Å²) in [6.07, 6.45) is 1.72. The molecule has 1 N–H and O–H groups in total. The molecule has 3 aromatic rings. The normalized spacial score (nSPS) is 15.4. The molecule has 0 saturated carbocycles. The van der Waals surface area contributed by atoms with Gasteiger partial charge in [-0.25, -0.2) is 9.97 Å². The van der Waals surface area contributed by atoms with Crippen molar-refractivity contribution in [3.05, 3.63) is 42.2 Å². The topological polar surface area (TPSA) is 58.1 Å². The van der Waals surface area contributed by atoms with Crippen LogP contribution in [-0.4, -0.2) is 36.0 Å². The number of piperidine rings is 1. The number of carbonyl (C=O) groups is 1. The molecule has 1 aromatic carbocycles. The van der Waals surface area contributed by atoms with E-state index in [9.17, 15) is 4.79 Å². The lowest BCUT2D eigenvalue weighted by atomic mass is 9.96. The monoisotopic (exact) mass is 366 g/mol. The molecule has 0 unspecified atom stereocenters. The maximum atomic E-state index is 11.9. The minimum atomic E-state index is 0.108. The number of thiophene rings is 1. The molecular weight excluding hydrogens is 344 g/mol. The highest BCUT2D eigenvalue weighted by Gasteiger charge is 2.26. The van der Waals surface area contributed by atoms with E-state index >= 15 is 0 Å². The molecule has 0 radical (unpaired) electrons. The van der Waals surface area contributed by atoms with Gasteiger partial charge in [0.2, 0.25) is 5.91 Å². The largest absolute Gasteiger partial charge is 0.359 e. The molecule has 3 heterocycles. The number of benzene rings is 1. The first-order chi connectivity index (χ1) is 12.7. The molecule has 6 heteroatoms. The molecule has 0 aliphatic carbocycles. The number of rotatable bonds is 3. The quantitative estimate of drug-likeness (QED) is 0.769. The number of fused-ring (bicyclic) bond motifs is 1. The third-order valence-corrected chi connectivity index (χ3v) is 6.03. The van der Waals surface area contributed by atoms with Crippen LogP contribution in [0.5, 0.6) is 0 Å². The molecule has 4 rings (SSSR count). The highest BCUT2D eigenvalue weighted by atomic mass is 32.1. The average Bonchev–Trinajstić information content (AvgIpc) is 3.11. The van der Waals surface area contributed by atoms with Crippen LogP contribution in [0.4, 0.5) is 5.82 Å². The van der Waals surface area contributed by atoms with Gasteiger partial charge in [0.1, 0.15) is 16.5 Å². The Bertz CT molecular complexity index is 930. The number of aryl methyl sites for hydroxylation is 1. The maximum Gasteiger partial charge on any atom is 0.222 e. The Morgan fingerprint density at radius 3 is 2.62 bits per heavy atom. The zero-order valence-electron chi connectivity index (χ0n) is 15.0. The Morgan fingerprint density at radius 1 is 1.19 bits per heavy atom. The van der Waals surface area contributed by atoms with Crippen LogP contribution in [0.2, 0.25) is 0 Å². The smallest absolute Gasteiger partial charge is 0.222 e. The van der Waals surface area contributed by atoms with Crippen LogP contribution >= 0.6 is 11.3 Å².